The fraction of sp³-hybridized carbons (Fsp3) is 0.118. The molecule has 2 rings (SSSR count). The van der Waals surface area contributed by atoms with Crippen molar-refractivity contribution in [3.05, 3.63) is 58.9 Å². The van der Waals surface area contributed by atoms with Crippen molar-refractivity contribution in [3.8, 4) is 11.1 Å². The molecule has 2 aromatic carbocycles. The van der Waals surface area contributed by atoms with Gasteiger partial charge in [0.15, 0.2) is 12.6 Å². The van der Waals surface area contributed by atoms with Crippen LogP contribution in [0.1, 0.15) is 38.0 Å². The quantitative estimate of drug-likeness (QED) is 0.628. The van der Waals surface area contributed by atoms with Gasteiger partial charge in [0.1, 0.15) is 5.82 Å². The van der Waals surface area contributed by atoms with E-state index in [-0.39, 0.29) is 23.3 Å². The van der Waals surface area contributed by atoms with Gasteiger partial charge in [-0.25, -0.2) is 9.18 Å². The van der Waals surface area contributed by atoms with E-state index in [0.717, 1.165) is 6.07 Å². The Hall–Kier alpha value is -2.82. The second-order valence-electron chi connectivity index (χ2n) is 4.49. The van der Waals surface area contributed by atoms with E-state index in [1.54, 1.807) is 6.92 Å². The molecule has 0 fully saturated rings. The maximum Gasteiger partial charge on any atom is 0.338 e. The van der Waals surface area contributed by atoms with Crippen molar-refractivity contribution >= 4 is 18.5 Å². The van der Waals surface area contributed by atoms with Gasteiger partial charge in [-0.2, -0.15) is 0 Å². The third kappa shape index (κ3) is 3.09. The Kier molecular flexibility index (Phi) is 4.78. The predicted octanol–water partition coefficient (Wildman–Crippen LogP) is 3.29. The predicted molar refractivity (Wildman–Crippen MR) is 78.6 cm³/mol. The molecular weight excluding hydrogens is 287 g/mol. The van der Waals surface area contributed by atoms with Gasteiger partial charge in [0.2, 0.25) is 0 Å². The second-order valence-corrected chi connectivity index (χ2v) is 4.49. The number of carbonyl (C=O) groups excluding carboxylic acids is 3. The van der Waals surface area contributed by atoms with E-state index in [1.807, 2.05) is 0 Å². The summed E-state index contributed by atoms with van der Waals surface area (Å²) < 4.78 is 18.1. The first-order valence-corrected chi connectivity index (χ1v) is 6.62. The summed E-state index contributed by atoms with van der Waals surface area (Å²) in [6, 6.07) is 8.14. The zero-order chi connectivity index (χ0) is 16.1. The summed E-state index contributed by atoms with van der Waals surface area (Å²) in [5.74, 6) is -1.08. The van der Waals surface area contributed by atoms with Crippen LogP contribution in [-0.4, -0.2) is 25.1 Å². The Bertz CT molecular complexity index is 737. The minimum absolute atomic E-state index is 0.131. The summed E-state index contributed by atoms with van der Waals surface area (Å²) in [6.07, 6.45) is 1.10. The first-order chi connectivity index (χ1) is 10.6. The fourth-order valence-corrected chi connectivity index (χ4v) is 2.12. The molecule has 0 saturated heterocycles. The lowest BCUT2D eigenvalue weighted by atomic mass is 9.95. The summed E-state index contributed by atoms with van der Waals surface area (Å²) in [5, 5.41) is 0. The number of halogens is 1. The van der Waals surface area contributed by atoms with Crippen LogP contribution < -0.4 is 0 Å². The smallest absolute Gasteiger partial charge is 0.338 e. The summed E-state index contributed by atoms with van der Waals surface area (Å²) in [4.78, 5) is 34.1. The number of hydrogen-bond donors (Lipinski definition) is 0. The molecular formula is C17H13FO4. The maximum absolute atomic E-state index is 13.2. The number of aldehydes is 2. The Morgan fingerprint density at radius 2 is 1.64 bits per heavy atom. The van der Waals surface area contributed by atoms with Crippen LogP contribution >= 0.6 is 0 Å². The molecule has 0 bridgehead atoms. The van der Waals surface area contributed by atoms with Crippen molar-refractivity contribution in [2.45, 2.75) is 6.92 Å². The van der Waals surface area contributed by atoms with E-state index in [1.165, 1.54) is 30.3 Å². The van der Waals surface area contributed by atoms with Crippen molar-refractivity contribution in [1.82, 2.24) is 0 Å². The number of hydrogen-bond acceptors (Lipinski definition) is 4. The highest BCUT2D eigenvalue weighted by Gasteiger charge is 2.14. The van der Waals surface area contributed by atoms with Gasteiger partial charge in [-0.05, 0) is 42.3 Å². The number of rotatable bonds is 5. The monoisotopic (exact) mass is 300 g/mol. The Morgan fingerprint density at radius 3 is 2.23 bits per heavy atom. The van der Waals surface area contributed by atoms with Gasteiger partial charge in [-0.15, -0.1) is 0 Å². The molecule has 2 aromatic rings. The lowest BCUT2D eigenvalue weighted by molar-refractivity contribution is 0.0526. The molecule has 0 aromatic heterocycles. The van der Waals surface area contributed by atoms with Gasteiger partial charge in [-0.3, -0.25) is 9.59 Å². The fourth-order valence-electron chi connectivity index (χ4n) is 2.12. The molecule has 0 atom stereocenters. The van der Waals surface area contributed by atoms with E-state index >= 15 is 0 Å². The van der Waals surface area contributed by atoms with E-state index in [2.05, 4.69) is 0 Å². The standard InChI is InChI=1S/C17H13FO4/c1-2-22-17(21)11-3-5-15(12(7-11)9-19)16-6-4-14(18)8-13(16)10-20/h3-10H,2H2,1H3. The largest absolute Gasteiger partial charge is 0.462 e. The normalized spacial score (nSPS) is 10.1. The lowest BCUT2D eigenvalue weighted by Gasteiger charge is -2.10. The molecule has 0 amide bonds. The highest BCUT2D eigenvalue weighted by Crippen LogP contribution is 2.27. The number of carbonyl (C=O) groups is 3. The molecule has 0 aliphatic heterocycles. The molecule has 0 spiro atoms. The lowest BCUT2D eigenvalue weighted by Crippen LogP contribution is -2.05. The minimum Gasteiger partial charge on any atom is -0.462 e. The summed E-state index contributed by atoms with van der Waals surface area (Å²) in [7, 11) is 0. The van der Waals surface area contributed by atoms with Crippen LogP contribution in [0.2, 0.25) is 0 Å². The molecule has 0 N–H and O–H groups in total. The summed E-state index contributed by atoms with van der Waals surface area (Å²) >= 11 is 0. The number of esters is 1. The minimum atomic E-state index is -0.540. The highest BCUT2D eigenvalue weighted by molar-refractivity contribution is 5.98. The molecule has 5 heteroatoms. The van der Waals surface area contributed by atoms with Crippen molar-refractivity contribution in [2.24, 2.45) is 0 Å². The van der Waals surface area contributed by atoms with Crippen LogP contribution in [0.5, 0.6) is 0 Å². The maximum atomic E-state index is 13.2. The Morgan fingerprint density at radius 1 is 1.05 bits per heavy atom. The van der Waals surface area contributed by atoms with E-state index in [9.17, 15) is 18.8 Å². The highest BCUT2D eigenvalue weighted by atomic mass is 19.1. The van der Waals surface area contributed by atoms with Gasteiger partial charge >= 0.3 is 5.97 Å². The molecule has 112 valence electrons. The molecule has 0 radical (unpaired) electrons. The van der Waals surface area contributed by atoms with Crippen LogP contribution in [0.4, 0.5) is 4.39 Å². The third-order valence-corrected chi connectivity index (χ3v) is 3.12. The molecule has 22 heavy (non-hydrogen) atoms. The van der Waals surface area contributed by atoms with Crippen LogP contribution in [0.25, 0.3) is 11.1 Å². The summed E-state index contributed by atoms with van der Waals surface area (Å²) in [5.41, 5.74) is 1.47. The molecule has 0 saturated carbocycles. The van der Waals surface area contributed by atoms with Crippen molar-refractivity contribution in [1.29, 1.82) is 0 Å². The number of ether oxygens (including phenoxy) is 1. The molecule has 0 aliphatic carbocycles. The average molecular weight is 300 g/mol. The third-order valence-electron chi connectivity index (χ3n) is 3.12. The molecule has 0 aliphatic rings. The van der Waals surface area contributed by atoms with Crippen LogP contribution in [0.3, 0.4) is 0 Å². The summed E-state index contributed by atoms with van der Waals surface area (Å²) in [6.45, 7) is 1.91. The van der Waals surface area contributed by atoms with E-state index in [0.29, 0.717) is 23.7 Å². The zero-order valence-electron chi connectivity index (χ0n) is 11.8. The number of benzene rings is 2. The van der Waals surface area contributed by atoms with Gasteiger partial charge in [-0.1, -0.05) is 12.1 Å². The SMILES string of the molecule is CCOC(=O)c1ccc(-c2ccc(F)cc2C=O)c(C=O)c1. The Balaban J connectivity index is 2.55. The van der Waals surface area contributed by atoms with Crippen LogP contribution in [0.15, 0.2) is 36.4 Å². The Labute approximate surface area is 126 Å². The first kappa shape index (κ1) is 15.6. The van der Waals surface area contributed by atoms with Crippen molar-refractivity contribution < 1.29 is 23.5 Å². The van der Waals surface area contributed by atoms with Gasteiger partial charge in [0, 0.05) is 11.1 Å². The van der Waals surface area contributed by atoms with Crippen molar-refractivity contribution in [2.75, 3.05) is 6.61 Å². The zero-order valence-corrected chi connectivity index (χ0v) is 11.8. The van der Waals surface area contributed by atoms with Gasteiger partial charge < -0.3 is 4.74 Å². The van der Waals surface area contributed by atoms with Gasteiger partial charge in [0.05, 0.1) is 12.2 Å². The molecule has 0 unspecified atom stereocenters. The second kappa shape index (κ2) is 6.76. The van der Waals surface area contributed by atoms with Crippen LogP contribution in [-0.2, 0) is 4.74 Å². The first-order valence-electron chi connectivity index (χ1n) is 6.62. The van der Waals surface area contributed by atoms with E-state index < -0.39 is 11.8 Å². The molecule has 4 nitrogen and oxygen atoms in total. The topological polar surface area (TPSA) is 60.4 Å². The van der Waals surface area contributed by atoms with Crippen LogP contribution in [0, 0.1) is 5.82 Å². The van der Waals surface area contributed by atoms with E-state index in [4.69, 9.17) is 4.74 Å². The van der Waals surface area contributed by atoms with Crippen molar-refractivity contribution in [3.63, 3.8) is 0 Å². The molecule has 0 heterocycles. The average Bonchev–Trinajstić information content (AvgIpc) is 2.54. The van der Waals surface area contributed by atoms with Gasteiger partial charge in [0.25, 0.3) is 0 Å².